The summed E-state index contributed by atoms with van der Waals surface area (Å²) in [5.41, 5.74) is 1.75. The zero-order chi connectivity index (χ0) is 31.6. The summed E-state index contributed by atoms with van der Waals surface area (Å²) in [4.78, 5) is 44.1. The van der Waals surface area contributed by atoms with E-state index < -0.39 is 17.3 Å². The van der Waals surface area contributed by atoms with E-state index in [1.54, 1.807) is 40.2 Å². The predicted octanol–water partition coefficient (Wildman–Crippen LogP) is 4.09. The van der Waals surface area contributed by atoms with Crippen LogP contribution in [0.5, 0.6) is 0 Å². The second-order valence-corrected chi connectivity index (χ2v) is 11.6. The summed E-state index contributed by atoms with van der Waals surface area (Å²) in [6, 6.07) is 7.25. The number of amides is 1. The van der Waals surface area contributed by atoms with Gasteiger partial charge in [-0.25, -0.2) is 27.8 Å². The molecule has 2 aliphatic rings. The highest BCUT2D eigenvalue weighted by Crippen LogP contribution is 2.38. The number of rotatable bonds is 3. The number of hydrogen-bond acceptors (Lipinski definition) is 8. The Morgan fingerprint density at radius 3 is 2.71 bits per heavy atom. The molecule has 1 saturated heterocycles. The predicted molar refractivity (Wildman–Crippen MR) is 164 cm³/mol. The lowest BCUT2D eigenvalue weighted by Crippen LogP contribution is -2.54. The van der Waals surface area contributed by atoms with Gasteiger partial charge in [0.25, 0.3) is 0 Å². The van der Waals surface area contributed by atoms with Crippen LogP contribution in [-0.4, -0.2) is 71.0 Å². The van der Waals surface area contributed by atoms with Crippen LogP contribution in [0.15, 0.2) is 60.2 Å². The zero-order valence-corrected chi connectivity index (χ0v) is 24.9. The third kappa shape index (κ3) is 4.49. The molecule has 1 aromatic carbocycles. The Bertz CT molecular complexity index is 2090. The standard InChI is InChI=1S/C32H29F2N9O2/c1-5-25(44)40-11-12-41(18(4)15-40)30-21-13-23(34)28-26-19(7-6-8-22(26)33)16-42-24(14-36-39-42)20-9-10-35-27(17(2)3)29(20)43(31(21)37-28)32(45)38-30/h5-10,13-14,17-18H,1,11-12,15-16H2,2-4H3/t18-/m0/s1. The van der Waals surface area contributed by atoms with Crippen molar-refractivity contribution >= 4 is 22.8 Å². The number of aromatic nitrogens is 7. The van der Waals surface area contributed by atoms with E-state index in [-0.39, 0.29) is 52.5 Å². The molecule has 6 heterocycles. The van der Waals surface area contributed by atoms with E-state index in [0.29, 0.717) is 47.8 Å². The molecular formula is C32H29F2N9O2. The fourth-order valence-electron chi connectivity index (χ4n) is 6.35. The lowest BCUT2D eigenvalue weighted by molar-refractivity contribution is -0.126. The van der Waals surface area contributed by atoms with Gasteiger partial charge in [-0.1, -0.05) is 37.8 Å². The number of carbonyl (C=O) groups is 1. The molecule has 1 fully saturated rings. The number of halogens is 2. The van der Waals surface area contributed by atoms with Crippen molar-refractivity contribution in [3.63, 3.8) is 0 Å². The van der Waals surface area contributed by atoms with Gasteiger partial charge in [-0.05, 0) is 42.7 Å². The molecule has 0 saturated carbocycles. The van der Waals surface area contributed by atoms with Gasteiger partial charge in [0, 0.05) is 43.0 Å². The lowest BCUT2D eigenvalue weighted by atomic mass is 10.0. The second kappa shape index (κ2) is 10.7. The van der Waals surface area contributed by atoms with Crippen LogP contribution in [0.4, 0.5) is 14.6 Å². The Hall–Kier alpha value is -5.33. The molecule has 7 rings (SSSR count). The molecule has 228 valence electrons. The lowest BCUT2D eigenvalue weighted by Gasteiger charge is -2.40. The highest BCUT2D eigenvalue weighted by molar-refractivity contribution is 5.92. The molecule has 4 aromatic heterocycles. The number of carbonyl (C=O) groups excluding carboxylic acids is 1. The van der Waals surface area contributed by atoms with E-state index in [1.807, 2.05) is 25.7 Å². The number of nitrogens with zero attached hydrogens (tertiary/aromatic N) is 9. The van der Waals surface area contributed by atoms with Gasteiger partial charge in [0.1, 0.15) is 23.1 Å². The Labute approximate surface area is 256 Å². The van der Waals surface area contributed by atoms with E-state index >= 15 is 8.78 Å². The van der Waals surface area contributed by atoms with Crippen LogP contribution in [0.2, 0.25) is 0 Å². The van der Waals surface area contributed by atoms with Crippen LogP contribution in [0, 0.1) is 11.6 Å². The van der Waals surface area contributed by atoms with E-state index in [2.05, 4.69) is 26.9 Å². The molecule has 5 aromatic rings. The fraction of sp³-hybridized carbons (Fsp3) is 0.281. The van der Waals surface area contributed by atoms with E-state index in [4.69, 9.17) is 4.98 Å². The average Bonchev–Trinajstić information content (AvgIpc) is 3.47. The van der Waals surface area contributed by atoms with Gasteiger partial charge in [-0.15, -0.1) is 5.10 Å². The molecule has 2 bridgehead atoms. The fourth-order valence-corrected chi connectivity index (χ4v) is 6.35. The average molecular weight is 610 g/mol. The molecule has 11 nitrogen and oxygen atoms in total. The number of anilines is 1. The summed E-state index contributed by atoms with van der Waals surface area (Å²) in [6.07, 6.45) is 4.48. The third-order valence-electron chi connectivity index (χ3n) is 8.46. The topological polar surface area (TPSA) is 115 Å². The number of pyridine rings is 2. The Morgan fingerprint density at radius 2 is 1.96 bits per heavy atom. The number of fused-ring (bicyclic) bond motifs is 7. The molecule has 1 amide bonds. The van der Waals surface area contributed by atoms with Crippen molar-refractivity contribution in [2.24, 2.45) is 0 Å². The molecule has 0 N–H and O–H groups in total. The SMILES string of the molecule is C=CC(=O)N1CCN(c2nc(=O)n3c4nc(c(F)cc24)-c2c(F)cccc2Cn2nncc2-c2ccnc(C(C)C)c2-3)[C@@H](C)C1. The molecule has 0 unspecified atom stereocenters. The number of hydrogen-bond donors (Lipinski definition) is 0. The van der Waals surface area contributed by atoms with E-state index in [0.717, 1.165) is 0 Å². The maximum absolute atomic E-state index is 16.3. The maximum atomic E-state index is 16.3. The molecule has 45 heavy (non-hydrogen) atoms. The van der Waals surface area contributed by atoms with Crippen LogP contribution in [0.3, 0.4) is 0 Å². The molecule has 13 heteroatoms. The summed E-state index contributed by atoms with van der Waals surface area (Å²) in [5, 5.41) is 8.66. The minimum atomic E-state index is -0.774. The highest BCUT2D eigenvalue weighted by atomic mass is 19.1. The zero-order valence-electron chi connectivity index (χ0n) is 24.9. The van der Waals surface area contributed by atoms with Gasteiger partial charge < -0.3 is 9.80 Å². The van der Waals surface area contributed by atoms with Crippen LogP contribution in [0.25, 0.3) is 39.2 Å². The van der Waals surface area contributed by atoms with Gasteiger partial charge in [0.15, 0.2) is 5.65 Å². The largest absolute Gasteiger partial charge is 0.355 e. The smallest absolute Gasteiger partial charge is 0.350 e. The Balaban J connectivity index is 1.60. The van der Waals surface area contributed by atoms with Gasteiger partial charge in [0.2, 0.25) is 5.91 Å². The monoisotopic (exact) mass is 609 g/mol. The summed E-state index contributed by atoms with van der Waals surface area (Å²) in [6.45, 7) is 10.5. The quantitative estimate of drug-likeness (QED) is 0.276. The van der Waals surface area contributed by atoms with Crippen molar-refractivity contribution in [1.82, 2.24) is 39.4 Å². The first kappa shape index (κ1) is 28.4. The van der Waals surface area contributed by atoms with Gasteiger partial charge >= 0.3 is 5.69 Å². The molecule has 0 radical (unpaired) electrons. The van der Waals surface area contributed by atoms with Gasteiger partial charge in [-0.3, -0.25) is 9.78 Å². The Morgan fingerprint density at radius 1 is 1.13 bits per heavy atom. The third-order valence-corrected chi connectivity index (χ3v) is 8.46. The second-order valence-electron chi connectivity index (χ2n) is 11.6. The van der Waals surface area contributed by atoms with Crippen LogP contribution >= 0.6 is 0 Å². The van der Waals surface area contributed by atoms with Crippen LogP contribution < -0.4 is 10.6 Å². The van der Waals surface area contributed by atoms with Crippen LogP contribution in [0.1, 0.15) is 37.9 Å². The number of piperazine rings is 1. The van der Waals surface area contributed by atoms with E-state index in [1.165, 1.54) is 22.8 Å². The minimum Gasteiger partial charge on any atom is -0.350 e. The highest BCUT2D eigenvalue weighted by Gasteiger charge is 2.32. The normalized spacial score (nSPS) is 15.9. The van der Waals surface area contributed by atoms with Crippen molar-refractivity contribution in [3.05, 3.63) is 88.8 Å². The minimum absolute atomic E-state index is 0.0335. The molecule has 0 spiro atoms. The van der Waals surface area contributed by atoms with Gasteiger partial charge in [0.05, 0.1) is 35.2 Å². The van der Waals surface area contributed by atoms with E-state index in [9.17, 15) is 9.59 Å². The summed E-state index contributed by atoms with van der Waals surface area (Å²) < 4.78 is 34.8. The molecule has 0 aliphatic carbocycles. The summed E-state index contributed by atoms with van der Waals surface area (Å²) in [5.74, 6) is -1.54. The molecular weight excluding hydrogens is 580 g/mol. The van der Waals surface area contributed by atoms with Crippen molar-refractivity contribution in [1.29, 1.82) is 0 Å². The summed E-state index contributed by atoms with van der Waals surface area (Å²) >= 11 is 0. The molecule has 2 aliphatic heterocycles. The van der Waals surface area contributed by atoms with Crippen molar-refractivity contribution in [3.8, 4) is 28.2 Å². The first-order valence-electron chi connectivity index (χ1n) is 14.6. The van der Waals surface area contributed by atoms with Crippen molar-refractivity contribution in [2.75, 3.05) is 24.5 Å². The first-order chi connectivity index (χ1) is 21.7. The maximum Gasteiger partial charge on any atom is 0.355 e. The van der Waals surface area contributed by atoms with Crippen molar-refractivity contribution in [2.45, 2.75) is 39.3 Å². The Kier molecular flexibility index (Phi) is 6.75. The number of benzene rings is 1. The summed E-state index contributed by atoms with van der Waals surface area (Å²) in [7, 11) is 0. The van der Waals surface area contributed by atoms with Gasteiger partial charge in [-0.2, -0.15) is 4.98 Å². The first-order valence-corrected chi connectivity index (χ1v) is 14.6. The van der Waals surface area contributed by atoms with Crippen molar-refractivity contribution < 1.29 is 13.6 Å². The molecule has 1 atom stereocenters. The van der Waals surface area contributed by atoms with Crippen LogP contribution in [-0.2, 0) is 11.3 Å².